The maximum atomic E-state index is 13.5. The van der Waals surface area contributed by atoms with Gasteiger partial charge in [0, 0.05) is 41.7 Å². The number of nitrogens with one attached hydrogen (secondary N) is 1. The number of amides is 1. The fourth-order valence-corrected chi connectivity index (χ4v) is 7.51. The first-order valence-electron chi connectivity index (χ1n) is 15.4. The van der Waals surface area contributed by atoms with Gasteiger partial charge in [-0.2, -0.15) is 5.26 Å². The van der Waals surface area contributed by atoms with Crippen LogP contribution < -0.4 is 10.2 Å². The molecule has 8 nitrogen and oxygen atoms in total. The van der Waals surface area contributed by atoms with Gasteiger partial charge in [0.05, 0.1) is 17.6 Å². The van der Waals surface area contributed by atoms with Gasteiger partial charge in [-0.15, -0.1) is 0 Å². The highest BCUT2D eigenvalue weighted by molar-refractivity contribution is 7.91. The molecule has 1 saturated heterocycles. The second-order valence-electron chi connectivity index (χ2n) is 13.4. The van der Waals surface area contributed by atoms with Crippen molar-refractivity contribution in [1.29, 1.82) is 5.26 Å². The Balaban J connectivity index is 1.35. The highest BCUT2D eigenvalue weighted by Gasteiger charge is 2.47. The van der Waals surface area contributed by atoms with Crippen molar-refractivity contribution >= 4 is 21.4 Å². The average Bonchev–Trinajstić information content (AvgIpc) is 3.63. The van der Waals surface area contributed by atoms with Gasteiger partial charge in [0.15, 0.2) is 9.84 Å². The molecule has 2 heterocycles. The van der Waals surface area contributed by atoms with Crippen LogP contribution in [0.15, 0.2) is 52.9 Å². The second kappa shape index (κ2) is 11.1. The molecule has 2 atom stereocenters. The first-order chi connectivity index (χ1) is 20.5. The summed E-state index contributed by atoms with van der Waals surface area (Å²) in [5.41, 5.74) is 4.01. The van der Waals surface area contributed by atoms with Crippen molar-refractivity contribution in [2.45, 2.75) is 76.2 Å². The number of nitriles is 1. The van der Waals surface area contributed by atoms with E-state index in [9.17, 15) is 18.5 Å². The number of rotatable bonds is 6. The Morgan fingerprint density at radius 1 is 1.00 bits per heavy atom. The number of nitrogens with zero attached hydrogens (tertiary/aromatic N) is 3. The number of carbonyl (C=O) groups excluding carboxylic acids is 1. The molecule has 3 aromatic rings. The molecular formula is C34H40N4O4S. The number of anilines is 1. The molecule has 2 aliphatic carbocycles. The maximum absolute atomic E-state index is 13.5. The lowest BCUT2D eigenvalue weighted by Crippen LogP contribution is -2.42. The van der Waals surface area contributed by atoms with Crippen LogP contribution in [0.5, 0.6) is 0 Å². The third kappa shape index (κ3) is 6.21. The van der Waals surface area contributed by atoms with Crippen molar-refractivity contribution in [3.63, 3.8) is 0 Å². The van der Waals surface area contributed by atoms with Crippen LogP contribution in [0.2, 0.25) is 0 Å². The standard InChI is InChI=1S/C34H40N4O4S/c1-33(2,3)25-12-8-24(9-13-25)32-36-29(23-10-14-26(15-11-23)38-18-20-43(40,41)21-19-38)30(42-32)27-6-4-5-7-28(27)31(39)37-34(22-35)16-17-34/h8-15,27-28H,4-7,16-21H2,1-3H3,(H,37,39). The maximum Gasteiger partial charge on any atom is 0.226 e. The minimum atomic E-state index is -2.96. The predicted molar refractivity (Wildman–Crippen MR) is 167 cm³/mol. The molecule has 2 aromatic carbocycles. The van der Waals surface area contributed by atoms with Gasteiger partial charge in [0.1, 0.15) is 17.0 Å². The van der Waals surface area contributed by atoms with Gasteiger partial charge in [0.25, 0.3) is 0 Å². The van der Waals surface area contributed by atoms with E-state index in [-0.39, 0.29) is 34.7 Å². The van der Waals surface area contributed by atoms with E-state index in [2.05, 4.69) is 49.2 Å². The lowest BCUT2D eigenvalue weighted by molar-refractivity contribution is -0.127. The molecule has 226 valence electrons. The zero-order chi connectivity index (χ0) is 30.4. The summed E-state index contributed by atoms with van der Waals surface area (Å²) >= 11 is 0. The molecule has 3 fully saturated rings. The Morgan fingerprint density at radius 3 is 2.23 bits per heavy atom. The largest absolute Gasteiger partial charge is 0.440 e. The summed E-state index contributed by atoms with van der Waals surface area (Å²) in [6.45, 7) is 7.51. The van der Waals surface area contributed by atoms with Gasteiger partial charge in [-0.05, 0) is 60.9 Å². The number of aromatic nitrogens is 1. The average molecular weight is 601 g/mol. The minimum Gasteiger partial charge on any atom is -0.440 e. The fourth-order valence-electron chi connectivity index (χ4n) is 6.30. The summed E-state index contributed by atoms with van der Waals surface area (Å²) in [5, 5.41) is 12.6. The summed E-state index contributed by atoms with van der Waals surface area (Å²) in [5.74, 6) is 1.05. The summed E-state index contributed by atoms with van der Waals surface area (Å²) in [4.78, 5) is 20.7. The molecule has 1 aromatic heterocycles. The SMILES string of the molecule is CC(C)(C)c1ccc(-c2nc(-c3ccc(N4CCS(=O)(=O)CC4)cc3)c(C3CCCCC3C(=O)NC3(C#N)CC3)o2)cc1. The smallest absolute Gasteiger partial charge is 0.226 e. The second-order valence-corrected chi connectivity index (χ2v) is 15.7. The number of sulfone groups is 1. The fraction of sp³-hybridized carbons (Fsp3) is 0.500. The molecule has 6 rings (SSSR count). The Bertz CT molecular complexity index is 1630. The molecule has 1 N–H and O–H groups in total. The minimum absolute atomic E-state index is 0.0246. The molecule has 0 bridgehead atoms. The number of hydrogen-bond acceptors (Lipinski definition) is 7. The number of hydrogen-bond donors (Lipinski definition) is 1. The Morgan fingerprint density at radius 2 is 1.63 bits per heavy atom. The number of carbonyl (C=O) groups is 1. The van der Waals surface area contributed by atoms with Crippen molar-refractivity contribution in [1.82, 2.24) is 10.3 Å². The third-order valence-electron chi connectivity index (χ3n) is 9.27. The van der Waals surface area contributed by atoms with Crippen molar-refractivity contribution in [2.75, 3.05) is 29.5 Å². The van der Waals surface area contributed by atoms with E-state index in [1.54, 1.807) is 0 Å². The molecule has 1 amide bonds. The van der Waals surface area contributed by atoms with Gasteiger partial charge >= 0.3 is 0 Å². The molecule has 43 heavy (non-hydrogen) atoms. The molecule has 3 aliphatic rings. The summed E-state index contributed by atoms with van der Waals surface area (Å²) in [6.07, 6.45) is 4.89. The lowest BCUT2D eigenvalue weighted by atomic mass is 9.76. The first kappa shape index (κ1) is 29.4. The Labute approximate surface area is 254 Å². The quantitative estimate of drug-likeness (QED) is 0.370. The molecule has 1 aliphatic heterocycles. The monoisotopic (exact) mass is 600 g/mol. The van der Waals surface area contributed by atoms with Crippen LogP contribution in [0.3, 0.4) is 0 Å². The van der Waals surface area contributed by atoms with E-state index >= 15 is 0 Å². The molecular weight excluding hydrogens is 560 g/mol. The molecule has 0 radical (unpaired) electrons. The van der Waals surface area contributed by atoms with Gasteiger partial charge < -0.3 is 14.6 Å². The van der Waals surface area contributed by atoms with E-state index < -0.39 is 15.4 Å². The predicted octanol–water partition coefficient (Wildman–Crippen LogP) is 5.99. The van der Waals surface area contributed by atoms with Gasteiger partial charge in [-0.3, -0.25) is 4.79 Å². The normalized spacial score (nSPS) is 22.9. The zero-order valence-corrected chi connectivity index (χ0v) is 26.0. The molecule has 2 saturated carbocycles. The lowest BCUT2D eigenvalue weighted by Gasteiger charge is -2.30. The number of oxazole rings is 1. The van der Waals surface area contributed by atoms with Crippen LogP contribution in [0, 0.1) is 17.2 Å². The summed E-state index contributed by atoms with van der Waals surface area (Å²) in [7, 11) is -2.96. The number of benzene rings is 2. The Hall–Kier alpha value is -3.64. The van der Waals surface area contributed by atoms with Gasteiger partial charge in [-0.25, -0.2) is 13.4 Å². The van der Waals surface area contributed by atoms with Crippen LogP contribution in [0.25, 0.3) is 22.7 Å². The highest BCUT2D eigenvalue weighted by atomic mass is 32.2. The van der Waals surface area contributed by atoms with Gasteiger partial charge in [0.2, 0.25) is 11.8 Å². The van der Waals surface area contributed by atoms with E-state index in [0.717, 1.165) is 48.2 Å². The van der Waals surface area contributed by atoms with E-state index in [1.807, 2.05) is 36.4 Å². The highest BCUT2D eigenvalue weighted by Crippen LogP contribution is 2.45. The van der Waals surface area contributed by atoms with E-state index in [4.69, 9.17) is 9.40 Å². The van der Waals surface area contributed by atoms with Crippen molar-refractivity contribution in [3.8, 4) is 28.8 Å². The zero-order valence-electron chi connectivity index (χ0n) is 25.2. The van der Waals surface area contributed by atoms with Crippen molar-refractivity contribution in [3.05, 3.63) is 59.9 Å². The van der Waals surface area contributed by atoms with Crippen LogP contribution in [0.1, 0.15) is 76.5 Å². The third-order valence-corrected chi connectivity index (χ3v) is 10.9. The van der Waals surface area contributed by atoms with Crippen LogP contribution in [-0.2, 0) is 20.0 Å². The van der Waals surface area contributed by atoms with Crippen LogP contribution >= 0.6 is 0 Å². The van der Waals surface area contributed by atoms with Crippen molar-refractivity contribution in [2.24, 2.45) is 5.92 Å². The molecule has 0 spiro atoms. The summed E-state index contributed by atoms with van der Waals surface area (Å²) in [6, 6.07) is 18.6. The Kier molecular flexibility index (Phi) is 7.62. The van der Waals surface area contributed by atoms with Crippen LogP contribution in [0.4, 0.5) is 5.69 Å². The van der Waals surface area contributed by atoms with E-state index in [1.165, 1.54) is 5.56 Å². The van der Waals surface area contributed by atoms with Gasteiger partial charge in [-0.1, -0.05) is 57.9 Å². The summed E-state index contributed by atoms with van der Waals surface area (Å²) < 4.78 is 30.5. The molecule has 9 heteroatoms. The molecule has 2 unspecified atom stereocenters. The first-order valence-corrected chi connectivity index (χ1v) is 17.2. The van der Waals surface area contributed by atoms with Crippen molar-refractivity contribution < 1.29 is 17.6 Å². The topological polar surface area (TPSA) is 116 Å². The van der Waals surface area contributed by atoms with E-state index in [0.29, 0.717) is 37.6 Å². The van der Waals surface area contributed by atoms with Crippen LogP contribution in [-0.4, -0.2) is 49.4 Å².